The Balaban J connectivity index is 1.53. The van der Waals surface area contributed by atoms with Gasteiger partial charge in [0.1, 0.15) is 12.4 Å². The molecule has 0 amide bonds. The monoisotopic (exact) mass is 348 g/mol. The number of benzene rings is 1. The number of anilines is 1. The average molecular weight is 348 g/mol. The van der Waals surface area contributed by atoms with Crippen molar-refractivity contribution < 1.29 is 9.47 Å². The highest BCUT2D eigenvalue weighted by atomic mass is 16.5. The first-order valence-electron chi connectivity index (χ1n) is 8.70. The van der Waals surface area contributed by atoms with Crippen LogP contribution in [0.4, 0.5) is 5.69 Å². The van der Waals surface area contributed by atoms with E-state index in [1.54, 1.807) is 12.4 Å². The first kappa shape index (κ1) is 16.5. The number of nitrogens with one attached hydrogen (secondary N) is 1. The predicted octanol–water partition coefficient (Wildman–Crippen LogP) is 3.42. The second kappa shape index (κ2) is 7.49. The van der Waals surface area contributed by atoms with E-state index >= 15 is 0 Å². The SMILES string of the molecule is CCOCCOc1nccc2cc(NC3=NCc4ncccc43)ccc12. The number of amidine groups is 1. The highest BCUT2D eigenvalue weighted by molar-refractivity contribution is 6.11. The second-order valence-corrected chi connectivity index (χ2v) is 5.88. The number of ether oxygens (including phenoxy) is 2. The Labute approximate surface area is 151 Å². The Bertz CT molecular complexity index is 955. The second-order valence-electron chi connectivity index (χ2n) is 5.88. The van der Waals surface area contributed by atoms with Crippen molar-refractivity contribution in [3.8, 4) is 5.88 Å². The van der Waals surface area contributed by atoms with Crippen LogP contribution in [0.2, 0.25) is 0 Å². The molecule has 6 nitrogen and oxygen atoms in total. The van der Waals surface area contributed by atoms with Crippen molar-refractivity contribution in [2.24, 2.45) is 4.99 Å². The van der Waals surface area contributed by atoms with E-state index in [9.17, 15) is 0 Å². The molecular weight excluding hydrogens is 328 g/mol. The number of hydrogen-bond donors (Lipinski definition) is 1. The fourth-order valence-corrected chi connectivity index (χ4v) is 2.95. The molecule has 0 fully saturated rings. The molecule has 1 aliphatic heterocycles. The molecule has 1 aliphatic rings. The van der Waals surface area contributed by atoms with Gasteiger partial charge >= 0.3 is 0 Å². The highest BCUT2D eigenvalue weighted by Gasteiger charge is 2.16. The van der Waals surface area contributed by atoms with Crippen molar-refractivity contribution in [2.45, 2.75) is 13.5 Å². The molecular formula is C20H20N4O2. The van der Waals surface area contributed by atoms with Gasteiger partial charge in [-0.1, -0.05) is 0 Å². The zero-order chi connectivity index (χ0) is 17.8. The van der Waals surface area contributed by atoms with Crippen LogP contribution in [0.15, 0.2) is 53.8 Å². The van der Waals surface area contributed by atoms with E-state index in [2.05, 4.69) is 26.3 Å². The molecule has 132 valence electrons. The third-order valence-corrected chi connectivity index (χ3v) is 4.19. The van der Waals surface area contributed by atoms with Crippen LogP contribution < -0.4 is 10.1 Å². The number of aliphatic imine (C=N–C) groups is 1. The van der Waals surface area contributed by atoms with Gasteiger partial charge in [0.05, 0.1) is 18.8 Å². The van der Waals surface area contributed by atoms with E-state index in [1.807, 2.05) is 37.3 Å². The summed E-state index contributed by atoms with van der Waals surface area (Å²) in [6.45, 7) is 4.31. The maximum Gasteiger partial charge on any atom is 0.221 e. The minimum Gasteiger partial charge on any atom is -0.475 e. The molecule has 0 aliphatic carbocycles. The fourth-order valence-electron chi connectivity index (χ4n) is 2.95. The number of aromatic nitrogens is 2. The Hall–Kier alpha value is -2.99. The lowest BCUT2D eigenvalue weighted by Gasteiger charge is -2.11. The molecule has 6 heteroatoms. The number of rotatable bonds is 6. The predicted molar refractivity (Wildman–Crippen MR) is 102 cm³/mol. The summed E-state index contributed by atoms with van der Waals surface area (Å²) in [6, 6.07) is 12.0. The number of fused-ring (bicyclic) bond motifs is 2. The third-order valence-electron chi connectivity index (χ3n) is 4.19. The number of hydrogen-bond acceptors (Lipinski definition) is 6. The first-order chi connectivity index (χ1) is 12.8. The molecule has 3 aromatic rings. The molecule has 1 N–H and O–H groups in total. The number of nitrogens with zero attached hydrogens (tertiary/aromatic N) is 3. The van der Waals surface area contributed by atoms with Crippen molar-refractivity contribution in [1.82, 2.24) is 9.97 Å². The quantitative estimate of drug-likeness (QED) is 0.691. The van der Waals surface area contributed by atoms with Gasteiger partial charge in [-0.2, -0.15) is 0 Å². The smallest absolute Gasteiger partial charge is 0.221 e. The summed E-state index contributed by atoms with van der Waals surface area (Å²) >= 11 is 0. The van der Waals surface area contributed by atoms with Gasteiger partial charge in [-0.25, -0.2) is 4.98 Å². The van der Waals surface area contributed by atoms with E-state index in [0.29, 0.717) is 32.2 Å². The lowest BCUT2D eigenvalue weighted by Crippen LogP contribution is -2.11. The molecule has 1 aromatic carbocycles. The lowest BCUT2D eigenvalue weighted by molar-refractivity contribution is 0.109. The molecule has 0 radical (unpaired) electrons. The van der Waals surface area contributed by atoms with Gasteiger partial charge in [0.2, 0.25) is 5.88 Å². The minimum atomic E-state index is 0.487. The summed E-state index contributed by atoms with van der Waals surface area (Å²) in [5.41, 5.74) is 3.03. The Morgan fingerprint density at radius 3 is 2.96 bits per heavy atom. The van der Waals surface area contributed by atoms with Crippen molar-refractivity contribution in [1.29, 1.82) is 0 Å². The normalized spacial score (nSPS) is 12.7. The van der Waals surface area contributed by atoms with Crippen LogP contribution in [0.5, 0.6) is 5.88 Å². The molecule has 0 atom stereocenters. The zero-order valence-electron chi connectivity index (χ0n) is 14.6. The van der Waals surface area contributed by atoms with Crippen LogP contribution >= 0.6 is 0 Å². The molecule has 26 heavy (non-hydrogen) atoms. The van der Waals surface area contributed by atoms with E-state index in [0.717, 1.165) is 33.6 Å². The summed E-state index contributed by atoms with van der Waals surface area (Å²) in [5.74, 6) is 1.48. The van der Waals surface area contributed by atoms with E-state index in [-0.39, 0.29) is 0 Å². The van der Waals surface area contributed by atoms with Crippen molar-refractivity contribution in [3.63, 3.8) is 0 Å². The van der Waals surface area contributed by atoms with Gasteiger partial charge in [0, 0.05) is 35.6 Å². The molecule has 0 spiro atoms. The topological polar surface area (TPSA) is 68.6 Å². The Morgan fingerprint density at radius 1 is 1.08 bits per heavy atom. The Kier molecular flexibility index (Phi) is 4.75. The van der Waals surface area contributed by atoms with Gasteiger partial charge in [-0.15, -0.1) is 0 Å². The van der Waals surface area contributed by atoms with Gasteiger partial charge in [0.25, 0.3) is 0 Å². The van der Waals surface area contributed by atoms with Crippen molar-refractivity contribution in [3.05, 3.63) is 60.0 Å². The van der Waals surface area contributed by atoms with Gasteiger partial charge in [-0.3, -0.25) is 9.98 Å². The molecule has 2 aromatic heterocycles. The zero-order valence-corrected chi connectivity index (χ0v) is 14.6. The molecule has 0 bridgehead atoms. The fraction of sp³-hybridized carbons (Fsp3) is 0.250. The van der Waals surface area contributed by atoms with Gasteiger partial charge in [0.15, 0.2) is 0 Å². The summed E-state index contributed by atoms with van der Waals surface area (Å²) in [6.07, 6.45) is 3.56. The van der Waals surface area contributed by atoms with Crippen LogP contribution in [-0.4, -0.2) is 35.6 Å². The third kappa shape index (κ3) is 3.36. The van der Waals surface area contributed by atoms with Crippen molar-refractivity contribution in [2.75, 3.05) is 25.1 Å². The summed E-state index contributed by atoms with van der Waals surface area (Å²) in [7, 11) is 0. The van der Waals surface area contributed by atoms with Crippen LogP contribution in [-0.2, 0) is 11.3 Å². The van der Waals surface area contributed by atoms with Crippen LogP contribution in [0.1, 0.15) is 18.2 Å². The first-order valence-corrected chi connectivity index (χ1v) is 8.70. The molecule has 0 saturated heterocycles. The Morgan fingerprint density at radius 2 is 2.04 bits per heavy atom. The van der Waals surface area contributed by atoms with Crippen LogP contribution in [0.3, 0.4) is 0 Å². The van der Waals surface area contributed by atoms with Crippen LogP contribution in [0, 0.1) is 0 Å². The van der Waals surface area contributed by atoms with E-state index < -0.39 is 0 Å². The molecule has 0 unspecified atom stereocenters. The molecule has 3 heterocycles. The molecule has 0 saturated carbocycles. The number of pyridine rings is 2. The van der Waals surface area contributed by atoms with Crippen LogP contribution in [0.25, 0.3) is 10.8 Å². The maximum atomic E-state index is 5.75. The summed E-state index contributed by atoms with van der Waals surface area (Å²) < 4.78 is 11.1. The maximum absolute atomic E-state index is 5.75. The lowest BCUT2D eigenvalue weighted by atomic mass is 10.1. The van der Waals surface area contributed by atoms with Crippen molar-refractivity contribution >= 4 is 22.3 Å². The standard InChI is InChI=1S/C20H20N4O2/c1-2-25-10-11-26-20-16-6-5-15(12-14(16)7-9-22-20)24-19-17-4-3-8-21-18(17)13-23-19/h3-9,12H,2,10-11,13H2,1H3,(H,23,24). The van der Waals surface area contributed by atoms with E-state index in [1.165, 1.54) is 0 Å². The van der Waals surface area contributed by atoms with E-state index in [4.69, 9.17) is 9.47 Å². The van der Waals surface area contributed by atoms with Gasteiger partial charge in [-0.05, 0) is 48.7 Å². The summed E-state index contributed by atoms with van der Waals surface area (Å²) in [4.78, 5) is 13.2. The molecule has 4 rings (SSSR count). The van der Waals surface area contributed by atoms with Gasteiger partial charge < -0.3 is 14.8 Å². The minimum absolute atomic E-state index is 0.487. The summed E-state index contributed by atoms with van der Waals surface area (Å²) in [5, 5.41) is 5.43. The largest absolute Gasteiger partial charge is 0.475 e. The average Bonchev–Trinajstić information content (AvgIpc) is 3.08. The highest BCUT2D eigenvalue weighted by Crippen LogP contribution is 2.27.